The number of sulfone groups is 1. The summed E-state index contributed by atoms with van der Waals surface area (Å²) in [5, 5.41) is 0.826. The Hall–Kier alpha value is -1.62. The fourth-order valence-corrected chi connectivity index (χ4v) is 1.67. The topological polar surface area (TPSA) is 77.2 Å². The van der Waals surface area contributed by atoms with Crippen molar-refractivity contribution in [2.45, 2.75) is 4.90 Å². The number of hydrogen-bond acceptors (Lipinski definition) is 3. The SMILES string of the molecule is C=CS(=O)(=O)c1cccc(C(N)=O)c1. The number of carbonyl (C=O) groups is 1. The van der Waals surface area contributed by atoms with Crippen molar-refractivity contribution < 1.29 is 13.2 Å². The van der Waals surface area contributed by atoms with Gasteiger partial charge >= 0.3 is 0 Å². The van der Waals surface area contributed by atoms with Crippen LogP contribution in [0.1, 0.15) is 10.4 Å². The standard InChI is InChI=1S/C9H9NO3S/c1-2-14(12,13)8-5-3-4-7(6-8)9(10)11/h2-6H,1H2,(H2,10,11). The number of rotatable bonds is 3. The summed E-state index contributed by atoms with van der Waals surface area (Å²) < 4.78 is 22.6. The van der Waals surface area contributed by atoms with E-state index in [2.05, 4.69) is 6.58 Å². The molecule has 0 heterocycles. The van der Waals surface area contributed by atoms with Crippen LogP contribution in [0.5, 0.6) is 0 Å². The van der Waals surface area contributed by atoms with Crippen molar-refractivity contribution in [1.29, 1.82) is 0 Å². The van der Waals surface area contributed by atoms with E-state index in [1.54, 1.807) is 0 Å². The van der Waals surface area contributed by atoms with Gasteiger partial charge in [0.1, 0.15) is 0 Å². The van der Waals surface area contributed by atoms with Gasteiger partial charge in [-0.25, -0.2) is 8.42 Å². The zero-order valence-corrected chi connectivity index (χ0v) is 8.12. The van der Waals surface area contributed by atoms with Crippen LogP contribution in [0.2, 0.25) is 0 Å². The van der Waals surface area contributed by atoms with E-state index in [1.807, 2.05) is 0 Å². The molecule has 1 aromatic carbocycles. The van der Waals surface area contributed by atoms with Gasteiger partial charge in [0.25, 0.3) is 0 Å². The lowest BCUT2D eigenvalue weighted by atomic mass is 10.2. The molecular formula is C9H9NO3S. The molecule has 0 bridgehead atoms. The molecule has 14 heavy (non-hydrogen) atoms. The second kappa shape index (κ2) is 3.63. The number of benzene rings is 1. The predicted octanol–water partition coefficient (Wildman–Crippen LogP) is 0.703. The first-order chi connectivity index (χ1) is 6.47. The van der Waals surface area contributed by atoms with Gasteiger partial charge in [-0.15, -0.1) is 0 Å². The summed E-state index contributed by atoms with van der Waals surface area (Å²) in [5.41, 5.74) is 5.17. The Balaban J connectivity index is 3.33. The Labute approximate surface area is 82.0 Å². The molecular weight excluding hydrogens is 202 g/mol. The molecule has 5 heteroatoms. The molecule has 0 unspecified atom stereocenters. The van der Waals surface area contributed by atoms with E-state index >= 15 is 0 Å². The largest absolute Gasteiger partial charge is 0.366 e. The quantitative estimate of drug-likeness (QED) is 0.799. The second-order valence-corrected chi connectivity index (χ2v) is 4.50. The van der Waals surface area contributed by atoms with Crippen molar-refractivity contribution in [3.63, 3.8) is 0 Å². The van der Waals surface area contributed by atoms with Gasteiger partial charge in [-0.3, -0.25) is 4.79 Å². The molecule has 0 aliphatic rings. The molecule has 74 valence electrons. The van der Waals surface area contributed by atoms with Crippen LogP contribution in [0.4, 0.5) is 0 Å². The monoisotopic (exact) mass is 211 g/mol. The van der Waals surface area contributed by atoms with Crippen LogP contribution in [0, 0.1) is 0 Å². The van der Waals surface area contributed by atoms with Gasteiger partial charge < -0.3 is 5.73 Å². The third-order valence-electron chi connectivity index (χ3n) is 1.67. The Bertz CT molecular complexity index is 477. The van der Waals surface area contributed by atoms with Gasteiger partial charge in [0.2, 0.25) is 5.91 Å². The molecule has 0 aromatic heterocycles. The van der Waals surface area contributed by atoms with Crippen molar-refractivity contribution in [3.05, 3.63) is 41.8 Å². The molecule has 1 aromatic rings. The summed E-state index contributed by atoms with van der Waals surface area (Å²) >= 11 is 0. The first-order valence-electron chi connectivity index (χ1n) is 3.75. The number of hydrogen-bond donors (Lipinski definition) is 1. The second-order valence-electron chi connectivity index (χ2n) is 2.60. The summed E-state index contributed by atoms with van der Waals surface area (Å²) in [6, 6.07) is 5.50. The van der Waals surface area contributed by atoms with E-state index in [0.29, 0.717) is 0 Å². The van der Waals surface area contributed by atoms with Crippen molar-refractivity contribution in [3.8, 4) is 0 Å². The molecule has 4 nitrogen and oxygen atoms in total. The third-order valence-corrected chi connectivity index (χ3v) is 3.02. The highest BCUT2D eigenvalue weighted by Gasteiger charge is 2.10. The molecule has 0 aliphatic carbocycles. The van der Waals surface area contributed by atoms with Crippen LogP contribution in [0.25, 0.3) is 0 Å². The Morgan fingerprint density at radius 1 is 1.43 bits per heavy atom. The predicted molar refractivity (Wildman–Crippen MR) is 52.3 cm³/mol. The van der Waals surface area contributed by atoms with Crippen LogP contribution in [0.15, 0.2) is 41.1 Å². The number of nitrogens with two attached hydrogens (primary N) is 1. The van der Waals surface area contributed by atoms with E-state index < -0.39 is 15.7 Å². The maximum Gasteiger partial charge on any atom is 0.248 e. The molecule has 0 radical (unpaired) electrons. The van der Waals surface area contributed by atoms with E-state index in [1.165, 1.54) is 24.3 Å². The fourth-order valence-electron chi connectivity index (χ4n) is 0.923. The fraction of sp³-hybridized carbons (Fsp3) is 0. The summed E-state index contributed by atoms with van der Waals surface area (Å²) in [6.45, 7) is 3.18. The normalized spacial score (nSPS) is 10.9. The highest BCUT2D eigenvalue weighted by atomic mass is 32.2. The Kier molecular flexibility index (Phi) is 2.71. The summed E-state index contributed by atoms with van der Waals surface area (Å²) in [6.07, 6.45) is 0. The highest BCUT2D eigenvalue weighted by molar-refractivity contribution is 7.94. The average Bonchev–Trinajstić information content (AvgIpc) is 2.18. The first kappa shape index (κ1) is 10.5. The van der Waals surface area contributed by atoms with Crippen molar-refractivity contribution in [2.24, 2.45) is 5.73 Å². The van der Waals surface area contributed by atoms with Gasteiger partial charge in [0.15, 0.2) is 9.84 Å². The Morgan fingerprint density at radius 2 is 2.07 bits per heavy atom. The molecule has 1 rings (SSSR count). The molecule has 0 spiro atoms. The van der Waals surface area contributed by atoms with Crippen molar-refractivity contribution >= 4 is 15.7 Å². The maximum absolute atomic E-state index is 11.3. The minimum atomic E-state index is -3.50. The lowest BCUT2D eigenvalue weighted by Crippen LogP contribution is -2.11. The van der Waals surface area contributed by atoms with Crippen LogP contribution in [-0.2, 0) is 9.84 Å². The van der Waals surface area contributed by atoms with Crippen LogP contribution < -0.4 is 5.73 Å². The number of primary amides is 1. The van der Waals surface area contributed by atoms with E-state index in [0.717, 1.165) is 5.41 Å². The lowest BCUT2D eigenvalue weighted by molar-refractivity contribution is 0.1000. The van der Waals surface area contributed by atoms with Gasteiger partial charge in [-0.1, -0.05) is 12.6 Å². The molecule has 0 saturated carbocycles. The number of carbonyl (C=O) groups excluding carboxylic acids is 1. The molecule has 1 amide bonds. The van der Waals surface area contributed by atoms with Crippen molar-refractivity contribution in [1.82, 2.24) is 0 Å². The molecule has 0 saturated heterocycles. The van der Waals surface area contributed by atoms with Gasteiger partial charge in [-0.05, 0) is 18.2 Å². The Morgan fingerprint density at radius 3 is 2.57 bits per heavy atom. The zero-order chi connectivity index (χ0) is 10.8. The lowest BCUT2D eigenvalue weighted by Gasteiger charge is -2.00. The molecule has 0 fully saturated rings. The summed E-state index contributed by atoms with van der Waals surface area (Å²) in [4.78, 5) is 10.8. The summed E-state index contributed by atoms with van der Waals surface area (Å²) in [7, 11) is -3.50. The van der Waals surface area contributed by atoms with E-state index in [9.17, 15) is 13.2 Å². The first-order valence-corrected chi connectivity index (χ1v) is 5.29. The zero-order valence-electron chi connectivity index (χ0n) is 7.30. The minimum Gasteiger partial charge on any atom is -0.366 e. The highest BCUT2D eigenvalue weighted by Crippen LogP contribution is 2.13. The van der Waals surface area contributed by atoms with Gasteiger partial charge in [-0.2, -0.15) is 0 Å². The number of amides is 1. The summed E-state index contributed by atoms with van der Waals surface area (Å²) in [5.74, 6) is -0.661. The van der Waals surface area contributed by atoms with Crippen LogP contribution in [-0.4, -0.2) is 14.3 Å². The smallest absolute Gasteiger partial charge is 0.248 e. The van der Waals surface area contributed by atoms with E-state index in [-0.39, 0.29) is 10.5 Å². The van der Waals surface area contributed by atoms with Crippen molar-refractivity contribution in [2.75, 3.05) is 0 Å². The third kappa shape index (κ3) is 2.00. The molecule has 0 atom stereocenters. The van der Waals surface area contributed by atoms with Crippen LogP contribution >= 0.6 is 0 Å². The van der Waals surface area contributed by atoms with Crippen LogP contribution in [0.3, 0.4) is 0 Å². The van der Waals surface area contributed by atoms with E-state index in [4.69, 9.17) is 5.73 Å². The molecule has 2 N–H and O–H groups in total. The average molecular weight is 211 g/mol. The van der Waals surface area contributed by atoms with Gasteiger partial charge in [0, 0.05) is 11.0 Å². The molecule has 0 aliphatic heterocycles. The van der Waals surface area contributed by atoms with Gasteiger partial charge in [0.05, 0.1) is 4.90 Å². The maximum atomic E-state index is 11.3. The minimum absolute atomic E-state index is 0.0174.